The molecule has 4 rings (SSSR count). The van der Waals surface area contributed by atoms with Crippen LogP contribution in [0.2, 0.25) is 0 Å². The Morgan fingerprint density at radius 3 is 3.00 bits per heavy atom. The molecule has 0 aliphatic carbocycles. The van der Waals surface area contributed by atoms with Gasteiger partial charge in [-0.3, -0.25) is 4.68 Å². The third-order valence-corrected chi connectivity index (χ3v) is 5.29. The van der Waals surface area contributed by atoms with Gasteiger partial charge in [-0.2, -0.15) is 5.10 Å². The van der Waals surface area contributed by atoms with Crippen molar-refractivity contribution in [1.82, 2.24) is 29.3 Å². The van der Waals surface area contributed by atoms with E-state index in [9.17, 15) is 0 Å². The van der Waals surface area contributed by atoms with Crippen molar-refractivity contribution in [3.05, 3.63) is 42.9 Å². The Bertz CT molecular complexity index is 868. The zero-order valence-electron chi connectivity index (χ0n) is 16.1. The lowest BCUT2D eigenvalue weighted by atomic mass is 9.98. The predicted octanol–water partition coefficient (Wildman–Crippen LogP) is 3.17. The lowest BCUT2D eigenvalue weighted by Crippen LogP contribution is -2.38. The van der Waals surface area contributed by atoms with E-state index >= 15 is 0 Å². The molecule has 1 aliphatic rings. The summed E-state index contributed by atoms with van der Waals surface area (Å²) in [5.41, 5.74) is 3.22. The van der Waals surface area contributed by atoms with Crippen LogP contribution in [0.25, 0.3) is 11.3 Å². The fourth-order valence-corrected chi connectivity index (χ4v) is 3.87. The molecular weight excluding hydrogens is 338 g/mol. The molecule has 1 aliphatic heterocycles. The smallest absolute Gasteiger partial charge is 0.225 e. The van der Waals surface area contributed by atoms with E-state index in [4.69, 9.17) is 4.98 Å². The zero-order chi connectivity index (χ0) is 18.6. The van der Waals surface area contributed by atoms with Gasteiger partial charge in [-0.05, 0) is 38.2 Å². The monoisotopic (exact) mass is 365 g/mol. The summed E-state index contributed by atoms with van der Waals surface area (Å²) in [6.45, 7) is 8.21. The van der Waals surface area contributed by atoms with Crippen LogP contribution in [0, 0.1) is 12.8 Å². The number of hydrogen-bond donors (Lipinski definition) is 0. The molecule has 3 aromatic heterocycles. The maximum Gasteiger partial charge on any atom is 0.225 e. The molecule has 1 fully saturated rings. The first-order valence-corrected chi connectivity index (χ1v) is 9.81. The minimum Gasteiger partial charge on any atom is -0.340 e. The van der Waals surface area contributed by atoms with Crippen LogP contribution in [0.3, 0.4) is 0 Å². The largest absolute Gasteiger partial charge is 0.340 e. The van der Waals surface area contributed by atoms with Crippen molar-refractivity contribution < 1.29 is 0 Å². The van der Waals surface area contributed by atoms with Crippen LogP contribution in [0.5, 0.6) is 0 Å². The molecule has 0 bridgehead atoms. The molecular formula is C20H27N7. The second-order valence-electron chi connectivity index (χ2n) is 7.32. The van der Waals surface area contributed by atoms with Crippen molar-refractivity contribution in [2.45, 2.75) is 46.2 Å². The summed E-state index contributed by atoms with van der Waals surface area (Å²) in [6.07, 6.45) is 13.0. The van der Waals surface area contributed by atoms with Crippen LogP contribution < -0.4 is 4.90 Å². The first kappa shape index (κ1) is 17.7. The summed E-state index contributed by atoms with van der Waals surface area (Å²) in [7, 11) is 0. The highest BCUT2D eigenvalue weighted by molar-refractivity contribution is 5.62. The van der Waals surface area contributed by atoms with Gasteiger partial charge in [0, 0.05) is 56.0 Å². The van der Waals surface area contributed by atoms with E-state index in [2.05, 4.69) is 43.1 Å². The minimum atomic E-state index is 0.592. The zero-order valence-corrected chi connectivity index (χ0v) is 16.1. The van der Waals surface area contributed by atoms with E-state index in [-0.39, 0.29) is 0 Å². The Labute approximate surface area is 160 Å². The van der Waals surface area contributed by atoms with Gasteiger partial charge in [-0.1, -0.05) is 6.92 Å². The quantitative estimate of drug-likeness (QED) is 0.671. The second-order valence-corrected chi connectivity index (χ2v) is 7.32. The Balaban J connectivity index is 1.51. The average Bonchev–Trinajstić information content (AvgIpc) is 3.33. The third-order valence-electron chi connectivity index (χ3n) is 5.29. The molecule has 0 saturated carbocycles. The Morgan fingerprint density at radius 1 is 1.26 bits per heavy atom. The van der Waals surface area contributed by atoms with Crippen LogP contribution in [0.4, 0.5) is 5.95 Å². The van der Waals surface area contributed by atoms with E-state index in [1.807, 2.05) is 37.2 Å². The number of aromatic nitrogens is 6. The van der Waals surface area contributed by atoms with E-state index in [0.717, 1.165) is 55.5 Å². The number of nitrogens with zero attached hydrogens (tertiary/aromatic N) is 7. The van der Waals surface area contributed by atoms with Crippen molar-refractivity contribution >= 4 is 5.95 Å². The van der Waals surface area contributed by atoms with Gasteiger partial charge >= 0.3 is 0 Å². The van der Waals surface area contributed by atoms with Crippen LogP contribution in [-0.4, -0.2) is 42.4 Å². The van der Waals surface area contributed by atoms with Crippen molar-refractivity contribution in [3.63, 3.8) is 0 Å². The SMILES string of the molecule is CCCn1ncc(-c2ccnc(N3CCC[C@H](Cn4ccnc4)C3)n2)c1C. The highest BCUT2D eigenvalue weighted by Gasteiger charge is 2.22. The normalized spacial score (nSPS) is 17.4. The molecule has 7 nitrogen and oxygen atoms in total. The van der Waals surface area contributed by atoms with Gasteiger partial charge in [0.2, 0.25) is 5.95 Å². The van der Waals surface area contributed by atoms with Crippen molar-refractivity contribution in [1.29, 1.82) is 0 Å². The molecule has 1 atom stereocenters. The summed E-state index contributed by atoms with van der Waals surface area (Å²) >= 11 is 0. The Hall–Kier alpha value is -2.70. The number of piperidine rings is 1. The number of aryl methyl sites for hydroxylation is 1. The first-order chi connectivity index (χ1) is 13.2. The lowest BCUT2D eigenvalue weighted by Gasteiger charge is -2.33. The Kier molecular flexibility index (Phi) is 5.18. The van der Waals surface area contributed by atoms with E-state index < -0.39 is 0 Å². The molecule has 0 aromatic carbocycles. The third kappa shape index (κ3) is 3.86. The second kappa shape index (κ2) is 7.90. The summed E-state index contributed by atoms with van der Waals surface area (Å²) < 4.78 is 4.22. The fraction of sp³-hybridized carbons (Fsp3) is 0.500. The summed E-state index contributed by atoms with van der Waals surface area (Å²) in [5, 5.41) is 4.51. The summed E-state index contributed by atoms with van der Waals surface area (Å²) in [6, 6.07) is 1.98. The maximum atomic E-state index is 4.87. The van der Waals surface area contributed by atoms with Crippen molar-refractivity contribution in [2.24, 2.45) is 5.92 Å². The van der Waals surface area contributed by atoms with E-state index in [1.165, 1.54) is 12.8 Å². The molecule has 27 heavy (non-hydrogen) atoms. The van der Waals surface area contributed by atoms with E-state index in [0.29, 0.717) is 5.92 Å². The number of hydrogen-bond acceptors (Lipinski definition) is 5. The van der Waals surface area contributed by atoms with Gasteiger partial charge in [-0.25, -0.2) is 15.0 Å². The first-order valence-electron chi connectivity index (χ1n) is 9.81. The number of imidazole rings is 1. The van der Waals surface area contributed by atoms with Gasteiger partial charge in [-0.15, -0.1) is 0 Å². The van der Waals surface area contributed by atoms with Crippen molar-refractivity contribution in [3.8, 4) is 11.3 Å². The van der Waals surface area contributed by atoms with Gasteiger partial charge in [0.1, 0.15) is 0 Å². The predicted molar refractivity (Wildman–Crippen MR) is 105 cm³/mol. The molecule has 1 saturated heterocycles. The molecule has 0 radical (unpaired) electrons. The van der Waals surface area contributed by atoms with Crippen LogP contribution >= 0.6 is 0 Å². The van der Waals surface area contributed by atoms with Crippen molar-refractivity contribution in [2.75, 3.05) is 18.0 Å². The topological polar surface area (TPSA) is 64.7 Å². The molecule has 0 amide bonds. The van der Waals surface area contributed by atoms with Gasteiger partial charge in [0.15, 0.2) is 0 Å². The lowest BCUT2D eigenvalue weighted by molar-refractivity contribution is 0.364. The standard InChI is InChI=1S/C20H27N7/c1-3-9-27-16(2)18(12-23-27)19-6-7-22-20(24-19)26-10-4-5-17(14-26)13-25-11-8-21-15-25/h6-8,11-12,15,17H,3-5,9-10,13-14H2,1-2H3/t17-/m1/s1. The highest BCUT2D eigenvalue weighted by atomic mass is 15.3. The van der Waals surface area contributed by atoms with Gasteiger partial charge in [0.05, 0.1) is 18.2 Å². The fourth-order valence-electron chi connectivity index (χ4n) is 3.87. The Morgan fingerprint density at radius 2 is 2.19 bits per heavy atom. The molecule has 4 heterocycles. The van der Waals surface area contributed by atoms with Crippen LogP contribution in [0.15, 0.2) is 37.2 Å². The molecule has 0 spiro atoms. The number of rotatable bonds is 6. The molecule has 7 heteroatoms. The maximum absolute atomic E-state index is 4.87. The minimum absolute atomic E-state index is 0.592. The highest BCUT2D eigenvalue weighted by Crippen LogP contribution is 2.25. The molecule has 3 aromatic rings. The van der Waals surface area contributed by atoms with E-state index in [1.54, 1.807) is 0 Å². The number of anilines is 1. The molecule has 0 N–H and O–H groups in total. The average molecular weight is 365 g/mol. The molecule has 0 unspecified atom stereocenters. The van der Waals surface area contributed by atoms with Crippen LogP contribution in [-0.2, 0) is 13.1 Å². The molecule has 142 valence electrons. The summed E-state index contributed by atoms with van der Waals surface area (Å²) in [4.78, 5) is 15.9. The van der Waals surface area contributed by atoms with Gasteiger partial charge in [0.25, 0.3) is 0 Å². The van der Waals surface area contributed by atoms with Gasteiger partial charge < -0.3 is 9.47 Å². The van der Waals surface area contributed by atoms with Crippen LogP contribution in [0.1, 0.15) is 31.9 Å². The summed E-state index contributed by atoms with van der Waals surface area (Å²) in [5.74, 6) is 1.42.